The number of nitrogens with one attached hydrogen (secondary N) is 1. The van der Waals surface area contributed by atoms with Gasteiger partial charge in [0, 0.05) is 18.3 Å². The normalized spacial score (nSPS) is 22.4. The van der Waals surface area contributed by atoms with E-state index < -0.39 is 5.97 Å². The first-order valence-electron chi connectivity index (χ1n) is 6.20. The molecule has 1 aromatic carbocycles. The third kappa shape index (κ3) is 3.23. The van der Waals surface area contributed by atoms with Crippen molar-refractivity contribution in [2.75, 3.05) is 11.9 Å². The van der Waals surface area contributed by atoms with E-state index in [-0.39, 0.29) is 5.60 Å². The average molecular weight is 249 g/mol. The quantitative estimate of drug-likeness (QED) is 0.864. The maximum atomic E-state index is 10.8. The van der Waals surface area contributed by atoms with Crippen LogP contribution < -0.4 is 5.32 Å². The van der Waals surface area contributed by atoms with Gasteiger partial charge in [0.05, 0.1) is 11.2 Å². The third-order valence-electron chi connectivity index (χ3n) is 3.20. The Balaban J connectivity index is 1.99. The van der Waals surface area contributed by atoms with Gasteiger partial charge in [-0.1, -0.05) is 0 Å². The Bertz CT molecular complexity index is 425. The molecule has 0 spiro atoms. The van der Waals surface area contributed by atoms with Gasteiger partial charge < -0.3 is 15.2 Å². The van der Waals surface area contributed by atoms with E-state index in [4.69, 9.17) is 9.84 Å². The topological polar surface area (TPSA) is 58.6 Å². The van der Waals surface area contributed by atoms with Crippen LogP contribution in [0.2, 0.25) is 0 Å². The van der Waals surface area contributed by atoms with Gasteiger partial charge in [-0.25, -0.2) is 4.79 Å². The van der Waals surface area contributed by atoms with Crippen molar-refractivity contribution in [3.8, 4) is 0 Å². The zero-order valence-electron chi connectivity index (χ0n) is 10.8. The summed E-state index contributed by atoms with van der Waals surface area (Å²) in [7, 11) is 0. The van der Waals surface area contributed by atoms with Crippen molar-refractivity contribution in [1.29, 1.82) is 0 Å². The molecule has 2 N–H and O–H groups in total. The number of carboxylic acids is 1. The first-order chi connectivity index (χ1) is 8.46. The lowest BCUT2D eigenvalue weighted by atomic mass is 9.94. The van der Waals surface area contributed by atoms with Gasteiger partial charge in [-0.05, 0) is 51.0 Å². The maximum absolute atomic E-state index is 10.8. The average Bonchev–Trinajstić information content (AvgIpc) is 2.28. The van der Waals surface area contributed by atoms with Gasteiger partial charge in [-0.2, -0.15) is 0 Å². The van der Waals surface area contributed by atoms with Crippen LogP contribution in [0.15, 0.2) is 24.3 Å². The zero-order valence-corrected chi connectivity index (χ0v) is 10.8. The van der Waals surface area contributed by atoms with Gasteiger partial charge >= 0.3 is 5.97 Å². The zero-order chi connectivity index (χ0) is 13.2. The van der Waals surface area contributed by atoms with Crippen LogP contribution in [-0.2, 0) is 4.74 Å². The van der Waals surface area contributed by atoms with Crippen molar-refractivity contribution in [2.45, 2.75) is 38.3 Å². The highest BCUT2D eigenvalue weighted by atomic mass is 16.5. The Hall–Kier alpha value is -1.55. The summed E-state index contributed by atoms with van der Waals surface area (Å²) in [6, 6.07) is 7.24. The molecule has 98 valence electrons. The molecule has 2 rings (SSSR count). The smallest absolute Gasteiger partial charge is 0.335 e. The number of ether oxygens (including phenoxy) is 1. The lowest BCUT2D eigenvalue weighted by Crippen LogP contribution is -2.40. The minimum absolute atomic E-state index is 0.0864. The Kier molecular flexibility index (Phi) is 3.57. The highest BCUT2D eigenvalue weighted by Gasteiger charge is 2.28. The van der Waals surface area contributed by atoms with Crippen LogP contribution >= 0.6 is 0 Å². The molecule has 1 heterocycles. The molecule has 0 aliphatic carbocycles. The Labute approximate surface area is 107 Å². The predicted octanol–water partition coefficient (Wildman–Crippen LogP) is 2.75. The molecular formula is C14H19NO3. The molecule has 1 saturated heterocycles. The number of aromatic carboxylic acids is 1. The van der Waals surface area contributed by atoms with Gasteiger partial charge in [0.1, 0.15) is 0 Å². The van der Waals surface area contributed by atoms with Gasteiger partial charge in [0.15, 0.2) is 0 Å². The second kappa shape index (κ2) is 4.98. The second-order valence-electron chi connectivity index (χ2n) is 5.32. The minimum Gasteiger partial charge on any atom is -0.478 e. The molecule has 1 aliphatic rings. The molecular weight excluding hydrogens is 230 g/mol. The molecule has 0 radical (unpaired) electrons. The van der Waals surface area contributed by atoms with Crippen molar-refractivity contribution >= 4 is 11.7 Å². The number of hydrogen-bond donors (Lipinski definition) is 2. The SMILES string of the molecule is CC1(C)CC(Nc2ccc(C(=O)O)cc2)CCO1. The standard InChI is InChI=1S/C14H19NO3/c1-14(2)9-12(7-8-18-14)15-11-5-3-10(4-6-11)13(16)17/h3-6,12,15H,7-9H2,1-2H3,(H,16,17). The number of hydrogen-bond acceptors (Lipinski definition) is 3. The predicted molar refractivity (Wildman–Crippen MR) is 70.1 cm³/mol. The largest absolute Gasteiger partial charge is 0.478 e. The number of rotatable bonds is 3. The van der Waals surface area contributed by atoms with Crippen LogP contribution in [0, 0.1) is 0 Å². The van der Waals surface area contributed by atoms with Crippen LogP contribution in [0.5, 0.6) is 0 Å². The van der Waals surface area contributed by atoms with Crippen molar-refractivity contribution in [3.63, 3.8) is 0 Å². The summed E-state index contributed by atoms with van der Waals surface area (Å²) in [4.78, 5) is 10.8. The summed E-state index contributed by atoms with van der Waals surface area (Å²) in [5.74, 6) is -0.895. The number of benzene rings is 1. The lowest BCUT2D eigenvalue weighted by molar-refractivity contribution is -0.0553. The van der Waals surface area contributed by atoms with E-state index in [2.05, 4.69) is 19.2 Å². The monoisotopic (exact) mass is 249 g/mol. The van der Waals surface area contributed by atoms with Crippen LogP contribution in [0.25, 0.3) is 0 Å². The molecule has 18 heavy (non-hydrogen) atoms. The Morgan fingerprint density at radius 2 is 2.06 bits per heavy atom. The molecule has 1 fully saturated rings. The summed E-state index contributed by atoms with van der Waals surface area (Å²) >= 11 is 0. The fourth-order valence-corrected chi connectivity index (χ4v) is 2.30. The third-order valence-corrected chi connectivity index (χ3v) is 3.20. The molecule has 4 nitrogen and oxygen atoms in total. The molecule has 1 unspecified atom stereocenters. The van der Waals surface area contributed by atoms with E-state index in [1.165, 1.54) is 0 Å². The molecule has 4 heteroatoms. The highest BCUT2D eigenvalue weighted by molar-refractivity contribution is 5.87. The van der Waals surface area contributed by atoms with Crippen molar-refractivity contribution in [3.05, 3.63) is 29.8 Å². The summed E-state index contributed by atoms with van der Waals surface area (Å²) in [6.07, 6.45) is 1.93. The first kappa shape index (κ1) is 12.9. The molecule has 0 amide bonds. The lowest BCUT2D eigenvalue weighted by Gasteiger charge is -2.36. The van der Waals surface area contributed by atoms with Crippen LogP contribution in [0.4, 0.5) is 5.69 Å². The maximum Gasteiger partial charge on any atom is 0.335 e. The second-order valence-corrected chi connectivity index (χ2v) is 5.32. The van der Waals surface area contributed by atoms with Gasteiger partial charge in [-0.15, -0.1) is 0 Å². The van der Waals surface area contributed by atoms with E-state index in [0.717, 1.165) is 25.1 Å². The molecule has 0 saturated carbocycles. The van der Waals surface area contributed by atoms with Crippen LogP contribution in [0.3, 0.4) is 0 Å². The van der Waals surface area contributed by atoms with Crippen molar-refractivity contribution in [2.24, 2.45) is 0 Å². The Morgan fingerprint density at radius 1 is 1.39 bits per heavy atom. The Morgan fingerprint density at radius 3 is 2.61 bits per heavy atom. The van der Waals surface area contributed by atoms with Gasteiger partial charge in [0.2, 0.25) is 0 Å². The van der Waals surface area contributed by atoms with Gasteiger partial charge in [-0.3, -0.25) is 0 Å². The van der Waals surface area contributed by atoms with E-state index in [1.807, 2.05) is 12.1 Å². The minimum atomic E-state index is -0.895. The number of anilines is 1. The number of carboxylic acid groups (broad SMARTS) is 1. The van der Waals surface area contributed by atoms with Crippen LogP contribution in [-0.4, -0.2) is 29.3 Å². The van der Waals surface area contributed by atoms with E-state index in [9.17, 15) is 4.79 Å². The summed E-state index contributed by atoms with van der Waals surface area (Å²) in [5.41, 5.74) is 1.19. The molecule has 1 atom stereocenters. The van der Waals surface area contributed by atoms with Gasteiger partial charge in [0.25, 0.3) is 0 Å². The number of carbonyl (C=O) groups is 1. The molecule has 1 aromatic rings. The molecule has 1 aliphatic heterocycles. The van der Waals surface area contributed by atoms with E-state index in [1.54, 1.807) is 12.1 Å². The fourth-order valence-electron chi connectivity index (χ4n) is 2.30. The molecule has 0 aromatic heterocycles. The highest BCUT2D eigenvalue weighted by Crippen LogP contribution is 2.26. The van der Waals surface area contributed by atoms with E-state index >= 15 is 0 Å². The van der Waals surface area contributed by atoms with Crippen LogP contribution in [0.1, 0.15) is 37.0 Å². The molecule has 0 bridgehead atoms. The summed E-state index contributed by atoms with van der Waals surface area (Å²) in [5, 5.41) is 12.3. The van der Waals surface area contributed by atoms with E-state index in [0.29, 0.717) is 11.6 Å². The summed E-state index contributed by atoms with van der Waals surface area (Å²) < 4.78 is 5.67. The summed E-state index contributed by atoms with van der Waals surface area (Å²) in [6.45, 7) is 4.95. The van der Waals surface area contributed by atoms with Crippen molar-refractivity contribution in [1.82, 2.24) is 0 Å². The first-order valence-corrected chi connectivity index (χ1v) is 6.20. The van der Waals surface area contributed by atoms with Crippen molar-refractivity contribution < 1.29 is 14.6 Å². The fraction of sp³-hybridized carbons (Fsp3) is 0.500.